The number of hydrogen-bond donors (Lipinski definition) is 1. The highest BCUT2D eigenvalue weighted by atomic mass is 16.5. The maximum atomic E-state index is 12.3. The van der Waals surface area contributed by atoms with Crippen LogP contribution < -0.4 is 5.32 Å². The molecule has 2 aromatic carbocycles. The second kappa shape index (κ2) is 6.87. The van der Waals surface area contributed by atoms with Crippen molar-refractivity contribution in [2.45, 2.75) is 19.1 Å². The first kappa shape index (κ1) is 14.3. The summed E-state index contributed by atoms with van der Waals surface area (Å²) in [6.07, 6.45) is -0.581. The first-order valence-corrected chi connectivity index (χ1v) is 6.65. The Balaban J connectivity index is 2.07. The standard InChI is InChI=1S/C17H19NO2/c1-13(14-9-5-3-6-10-14)18-17(19)16(20-2)15-11-7-4-8-12-15/h3-13,16H,1-2H3,(H,18,19)/t13-,16+/m1/s1. The van der Waals surface area contributed by atoms with Crippen molar-refractivity contribution in [1.29, 1.82) is 0 Å². The number of nitrogens with one attached hydrogen (secondary N) is 1. The minimum Gasteiger partial charge on any atom is -0.367 e. The lowest BCUT2D eigenvalue weighted by Crippen LogP contribution is -2.32. The Labute approximate surface area is 119 Å². The van der Waals surface area contributed by atoms with Gasteiger partial charge in [0.25, 0.3) is 5.91 Å². The number of hydrogen-bond acceptors (Lipinski definition) is 2. The Bertz CT molecular complexity index is 539. The van der Waals surface area contributed by atoms with Crippen LogP contribution in [-0.4, -0.2) is 13.0 Å². The summed E-state index contributed by atoms with van der Waals surface area (Å²) >= 11 is 0. The van der Waals surface area contributed by atoms with Gasteiger partial charge in [-0.1, -0.05) is 60.7 Å². The maximum Gasteiger partial charge on any atom is 0.254 e. The molecule has 104 valence electrons. The van der Waals surface area contributed by atoms with Crippen LogP contribution in [0.25, 0.3) is 0 Å². The van der Waals surface area contributed by atoms with Crippen molar-refractivity contribution >= 4 is 5.91 Å². The van der Waals surface area contributed by atoms with E-state index in [4.69, 9.17) is 4.74 Å². The minimum atomic E-state index is -0.581. The molecule has 0 aliphatic heterocycles. The van der Waals surface area contributed by atoms with E-state index in [1.165, 1.54) is 0 Å². The Morgan fingerprint density at radius 1 is 0.950 bits per heavy atom. The van der Waals surface area contributed by atoms with Crippen molar-refractivity contribution in [3.63, 3.8) is 0 Å². The summed E-state index contributed by atoms with van der Waals surface area (Å²) in [5.41, 5.74) is 1.93. The molecule has 0 aliphatic rings. The molecule has 2 atom stereocenters. The van der Waals surface area contributed by atoms with Crippen molar-refractivity contribution in [3.05, 3.63) is 71.8 Å². The van der Waals surface area contributed by atoms with Crippen LogP contribution in [-0.2, 0) is 9.53 Å². The number of ether oxygens (including phenoxy) is 1. The number of amides is 1. The average molecular weight is 269 g/mol. The van der Waals surface area contributed by atoms with Gasteiger partial charge in [0.15, 0.2) is 6.10 Å². The molecule has 0 unspecified atom stereocenters. The first-order chi connectivity index (χ1) is 9.72. The smallest absolute Gasteiger partial charge is 0.254 e. The Hall–Kier alpha value is -2.13. The largest absolute Gasteiger partial charge is 0.367 e. The third-order valence-electron chi connectivity index (χ3n) is 3.23. The van der Waals surface area contributed by atoms with E-state index in [-0.39, 0.29) is 11.9 Å². The van der Waals surface area contributed by atoms with E-state index >= 15 is 0 Å². The lowest BCUT2D eigenvalue weighted by Gasteiger charge is -2.19. The molecule has 0 saturated heterocycles. The summed E-state index contributed by atoms with van der Waals surface area (Å²) in [6.45, 7) is 1.96. The highest BCUT2D eigenvalue weighted by Crippen LogP contribution is 2.19. The van der Waals surface area contributed by atoms with E-state index in [0.29, 0.717) is 0 Å². The molecule has 2 aromatic rings. The normalized spacial score (nSPS) is 13.5. The molecule has 0 saturated carbocycles. The minimum absolute atomic E-state index is 0.0509. The first-order valence-electron chi connectivity index (χ1n) is 6.65. The molecule has 0 aliphatic carbocycles. The molecule has 0 radical (unpaired) electrons. The third-order valence-corrected chi connectivity index (χ3v) is 3.23. The Morgan fingerprint density at radius 2 is 1.45 bits per heavy atom. The molecule has 0 heterocycles. The predicted molar refractivity (Wildman–Crippen MR) is 79.2 cm³/mol. The molecule has 0 spiro atoms. The van der Waals surface area contributed by atoms with Crippen molar-refractivity contribution in [2.75, 3.05) is 7.11 Å². The van der Waals surface area contributed by atoms with Gasteiger partial charge in [0.1, 0.15) is 0 Å². The summed E-state index contributed by atoms with van der Waals surface area (Å²) in [7, 11) is 1.55. The van der Waals surface area contributed by atoms with Gasteiger partial charge in [-0.15, -0.1) is 0 Å². The third kappa shape index (κ3) is 3.45. The fourth-order valence-corrected chi connectivity index (χ4v) is 2.14. The van der Waals surface area contributed by atoms with Gasteiger partial charge < -0.3 is 10.1 Å². The summed E-state index contributed by atoms with van der Waals surface area (Å²) in [5, 5.41) is 2.98. The Kier molecular flexibility index (Phi) is 4.91. The van der Waals surface area contributed by atoms with Gasteiger partial charge in [-0.25, -0.2) is 0 Å². The van der Waals surface area contributed by atoms with Crippen molar-refractivity contribution < 1.29 is 9.53 Å². The van der Waals surface area contributed by atoms with Crippen molar-refractivity contribution in [2.24, 2.45) is 0 Å². The van der Waals surface area contributed by atoms with Crippen LogP contribution in [0.15, 0.2) is 60.7 Å². The van der Waals surface area contributed by atoms with Crippen molar-refractivity contribution in [3.8, 4) is 0 Å². The monoisotopic (exact) mass is 269 g/mol. The fraction of sp³-hybridized carbons (Fsp3) is 0.235. The average Bonchev–Trinajstić information content (AvgIpc) is 2.50. The van der Waals surface area contributed by atoms with E-state index in [0.717, 1.165) is 11.1 Å². The van der Waals surface area contributed by atoms with Gasteiger partial charge in [-0.2, -0.15) is 0 Å². The fourth-order valence-electron chi connectivity index (χ4n) is 2.14. The molecular weight excluding hydrogens is 250 g/mol. The van der Waals surface area contributed by atoms with Crippen LogP contribution in [0.4, 0.5) is 0 Å². The van der Waals surface area contributed by atoms with Crippen molar-refractivity contribution in [1.82, 2.24) is 5.32 Å². The van der Waals surface area contributed by atoms with Gasteiger partial charge in [0, 0.05) is 7.11 Å². The van der Waals surface area contributed by atoms with Crippen LogP contribution >= 0.6 is 0 Å². The molecule has 1 amide bonds. The van der Waals surface area contributed by atoms with Crippen LogP contribution in [0.1, 0.15) is 30.2 Å². The van der Waals surface area contributed by atoms with Crippen LogP contribution in [0.3, 0.4) is 0 Å². The lowest BCUT2D eigenvalue weighted by molar-refractivity contribution is -0.132. The molecular formula is C17H19NO2. The topological polar surface area (TPSA) is 38.3 Å². The van der Waals surface area contributed by atoms with Gasteiger partial charge in [0.05, 0.1) is 6.04 Å². The van der Waals surface area contributed by atoms with Gasteiger partial charge in [-0.3, -0.25) is 4.79 Å². The maximum absolute atomic E-state index is 12.3. The summed E-state index contributed by atoms with van der Waals surface area (Å²) in [4.78, 5) is 12.3. The van der Waals surface area contributed by atoms with E-state index in [2.05, 4.69) is 5.32 Å². The van der Waals surface area contributed by atoms with Crippen LogP contribution in [0.2, 0.25) is 0 Å². The van der Waals surface area contributed by atoms with Gasteiger partial charge in [0.2, 0.25) is 0 Å². The zero-order chi connectivity index (χ0) is 14.4. The molecule has 0 fully saturated rings. The molecule has 3 nitrogen and oxygen atoms in total. The molecule has 20 heavy (non-hydrogen) atoms. The summed E-state index contributed by atoms with van der Waals surface area (Å²) < 4.78 is 5.32. The van der Waals surface area contributed by atoms with Gasteiger partial charge >= 0.3 is 0 Å². The zero-order valence-electron chi connectivity index (χ0n) is 11.7. The summed E-state index contributed by atoms with van der Waals surface area (Å²) in [6, 6.07) is 19.3. The second-order valence-corrected chi connectivity index (χ2v) is 4.67. The van der Waals surface area contributed by atoms with Gasteiger partial charge in [-0.05, 0) is 18.1 Å². The van der Waals surface area contributed by atoms with E-state index in [1.807, 2.05) is 67.6 Å². The Morgan fingerprint density at radius 3 is 1.95 bits per heavy atom. The molecule has 3 heteroatoms. The quantitative estimate of drug-likeness (QED) is 0.904. The zero-order valence-corrected chi connectivity index (χ0v) is 11.7. The van der Waals surface area contributed by atoms with Crippen LogP contribution in [0, 0.1) is 0 Å². The highest BCUT2D eigenvalue weighted by molar-refractivity contribution is 5.82. The number of carbonyl (C=O) groups excluding carboxylic acids is 1. The molecule has 2 rings (SSSR count). The molecule has 0 aromatic heterocycles. The predicted octanol–water partition coefficient (Wildman–Crippen LogP) is 3.25. The highest BCUT2D eigenvalue weighted by Gasteiger charge is 2.21. The molecule has 1 N–H and O–H groups in total. The number of carbonyl (C=O) groups is 1. The SMILES string of the molecule is CO[C@H](C(=O)N[C@H](C)c1ccccc1)c1ccccc1. The van der Waals surface area contributed by atoms with E-state index in [9.17, 15) is 4.79 Å². The number of rotatable bonds is 5. The van der Waals surface area contributed by atoms with E-state index < -0.39 is 6.10 Å². The lowest BCUT2D eigenvalue weighted by atomic mass is 10.1. The molecule has 0 bridgehead atoms. The summed E-state index contributed by atoms with van der Waals surface area (Å²) in [5.74, 6) is -0.130. The second-order valence-electron chi connectivity index (χ2n) is 4.67. The van der Waals surface area contributed by atoms with E-state index in [1.54, 1.807) is 7.11 Å². The van der Waals surface area contributed by atoms with Crippen LogP contribution in [0.5, 0.6) is 0 Å². The number of benzene rings is 2. The number of methoxy groups -OCH3 is 1.